The van der Waals surface area contributed by atoms with E-state index >= 15 is 0 Å². The first-order chi connectivity index (χ1) is 16.1. The summed E-state index contributed by atoms with van der Waals surface area (Å²) in [7, 11) is -2.03. The van der Waals surface area contributed by atoms with Crippen molar-refractivity contribution in [3.63, 3.8) is 0 Å². The number of halogens is 1. The van der Waals surface area contributed by atoms with Gasteiger partial charge in [-0.3, -0.25) is 0 Å². The van der Waals surface area contributed by atoms with Crippen LogP contribution in [0.25, 0.3) is 0 Å². The van der Waals surface area contributed by atoms with Crippen molar-refractivity contribution in [3.8, 4) is 5.75 Å². The third kappa shape index (κ3) is 5.71. The molecule has 0 saturated carbocycles. The highest BCUT2D eigenvalue weighted by Crippen LogP contribution is 2.45. The molecule has 2 nitrogen and oxygen atoms in total. The fraction of sp³-hybridized carbons (Fsp3) is 0.467. The number of ether oxygens (including phenoxy) is 1. The monoisotopic (exact) mass is 540 g/mol. The van der Waals surface area contributed by atoms with Crippen molar-refractivity contribution in [1.82, 2.24) is 0 Å². The number of rotatable bonds is 8. The zero-order valence-electron chi connectivity index (χ0n) is 22.1. The van der Waals surface area contributed by atoms with Gasteiger partial charge in [0, 0.05) is 10.9 Å². The Morgan fingerprint density at radius 2 is 1.44 bits per heavy atom. The van der Waals surface area contributed by atoms with Crippen LogP contribution in [0, 0.1) is 13.8 Å². The van der Waals surface area contributed by atoms with Crippen molar-refractivity contribution in [1.29, 1.82) is 0 Å². The molecule has 2 aromatic carbocycles. The van der Waals surface area contributed by atoms with Crippen LogP contribution in [0.5, 0.6) is 5.75 Å². The van der Waals surface area contributed by atoms with E-state index in [0.717, 1.165) is 45.7 Å². The smallest absolute Gasteiger partial charge is 0.258 e. The predicted molar refractivity (Wildman–Crippen MR) is 151 cm³/mol. The Labute approximate surface area is 216 Å². The Morgan fingerprint density at radius 3 is 1.97 bits per heavy atom. The summed E-state index contributed by atoms with van der Waals surface area (Å²) in [6.45, 7) is 18.3. The fourth-order valence-electron chi connectivity index (χ4n) is 5.70. The Hall–Kier alpha value is -1.78. The first-order valence-corrected chi connectivity index (χ1v) is 15.6. The molecule has 0 saturated heterocycles. The molecule has 1 aliphatic rings. The van der Waals surface area contributed by atoms with Crippen molar-refractivity contribution < 1.29 is 9.16 Å². The molecule has 0 aliphatic heterocycles. The standard InChI is InChI=1S/C30H41BrO2Si/c1-20(2)34(21(3)4,22(5)6)33-27-15-12-16-29(28(19-27)25-13-10-9-11-14-25)32-30-23(7)17-26(31)18-24(30)8/h9-11,13-14,16-22,28H,12,15H2,1-8H3. The first-order valence-electron chi connectivity index (χ1n) is 12.7. The van der Waals surface area contributed by atoms with Crippen molar-refractivity contribution in [2.24, 2.45) is 0 Å². The molecule has 0 radical (unpaired) electrons. The summed E-state index contributed by atoms with van der Waals surface area (Å²) >= 11 is 3.61. The van der Waals surface area contributed by atoms with Gasteiger partial charge in [0.05, 0.1) is 11.7 Å². The number of allylic oxidation sites excluding steroid dienone is 3. The number of benzene rings is 2. The Bertz CT molecular complexity index is 992. The van der Waals surface area contributed by atoms with Crippen LogP contribution in [-0.4, -0.2) is 8.32 Å². The molecule has 0 heterocycles. The van der Waals surface area contributed by atoms with E-state index in [0.29, 0.717) is 16.6 Å². The van der Waals surface area contributed by atoms with Crippen molar-refractivity contribution in [2.45, 2.75) is 90.8 Å². The Kier molecular flexibility index (Phi) is 8.91. The van der Waals surface area contributed by atoms with Crippen molar-refractivity contribution in [2.75, 3.05) is 0 Å². The van der Waals surface area contributed by atoms with Gasteiger partial charge in [-0.05, 0) is 77.9 Å². The van der Waals surface area contributed by atoms with Crippen LogP contribution in [-0.2, 0) is 4.43 Å². The fourth-order valence-corrected chi connectivity index (χ4v) is 11.7. The lowest BCUT2D eigenvalue weighted by atomic mass is 9.96. The van der Waals surface area contributed by atoms with E-state index in [2.05, 4.69) is 126 Å². The number of hydrogen-bond donors (Lipinski definition) is 0. The molecule has 3 rings (SSSR count). The second kappa shape index (κ2) is 11.3. The summed E-state index contributed by atoms with van der Waals surface area (Å²) in [5.41, 5.74) is 5.14. The third-order valence-electron chi connectivity index (χ3n) is 7.21. The van der Waals surface area contributed by atoms with Crippen LogP contribution >= 0.6 is 15.9 Å². The van der Waals surface area contributed by atoms with Crippen molar-refractivity contribution in [3.05, 3.63) is 87.3 Å². The molecular formula is C30H41BrO2Si. The molecule has 0 N–H and O–H groups in total. The molecular weight excluding hydrogens is 500 g/mol. The summed E-state index contributed by atoms with van der Waals surface area (Å²) in [5, 5.41) is 0. The number of hydrogen-bond acceptors (Lipinski definition) is 2. The Balaban J connectivity index is 2.05. The lowest BCUT2D eigenvalue weighted by molar-refractivity contribution is 0.352. The summed E-state index contributed by atoms with van der Waals surface area (Å²) in [5.74, 6) is 3.10. The topological polar surface area (TPSA) is 18.5 Å². The van der Waals surface area contributed by atoms with Crippen molar-refractivity contribution >= 4 is 24.2 Å². The van der Waals surface area contributed by atoms with E-state index in [-0.39, 0.29) is 5.92 Å². The third-order valence-corrected chi connectivity index (χ3v) is 13.7. The van der Waals surface area contributed by atoms with E-state index in [1.807, 2.05) is 0 Å². The van der Waals surface area contributed by atoms with Gasteiger partial charge < -0.3 is 9.16 Å². The van der Waals surface area contributed by atoms with Gasteiger partial charge in [0.25, 0.3) is 8.32 Å². The molecule has 184 valence electrons. The molecule has 0 fully saturated rings. The SMILES string of the molecule is Cc1cc(Br)cc(C)c1OC1=CCCC(O[Si](C(C)C)(C(C)C)C(C)C)=CC1c1ccccc1. The van der Waals surface area contributed by atoms with Gasteiger partial charge in [0.1, 0.15) is 11.5 Å². The minimum Gasteiger partial charge on any atom is -0.546 e. The molecule has 0 amide bonds. The lowest BCUT2D eigenvalue weighted by Crippen LogP contribution is -2.47. The van der Waals surface area contributed by atoms with Gasteiger partial charge >= 0.3 is 0 Å². The molecule has 1 atom stereocenters. The molecule has 0 spiro atoms. The summed E-state index contributed by atoms with van der Waals surface area (Å²) < 4.78 is 14.9. The van der Waals surface area contributed by atoms with Crippen LogP contribution < -0.4 is 4.74 Å². The molecule has 4 heteroatoms. The molecule has 0 aromatic heterocycles. The normalized spacial score (nSPS) is 17.0. The molecule has 34 heavy (non-hydrogen) atoms. The highest BCUT2D eigenvalue weighted by molar-refractivity contribution is 9.10. The molecule has 0 bridgehead atoms. The quantitative estimate of drug-likeness (QED) is 0.310. The number of aryl methyl sites for hydroxylation is 2. The van der Waals surface area contributed by atoms with Gasteiger partial charge in [0.2, 0.25) is 0 Å². The largest absolute Gasteiger partial charge is 0.546 e. The summed E-state index contributed by atoms with van der Waals surface area (Å²) in [6.07, 6.45) is 6.44. The second-order valence-electron chi connectivity index (χ2n) is 10.6. The molecule has 2 aromatic rings. The van der Waals surface area contributed by atoms with Gasteiger partial charge in [-0.15, -0.1) is 0 Å². The van der Waals surface area contributed by atoms with E-state index in [9.17, 15) is 0 Å². The van der Waals surface area contributed by atoms with Gasteiger partial charge in [0.15, 0.2) is 0 Å². The average molecular weight is 542 g/mol. The highest BCUT2D eigenvalue weighted by Gasteiger charge is 2.47. The minimum atomic E-state index is -2.03. The van der Waals surface area contributed by atoms with E-state index in [1.54, 1.807) is 0 Å². The average Bonchev–Trinajstić information content (AvgIpc) is 2.96. The van der Waals surface area contributed by atoms with E-state index in [4.69, 9.17) is 9.16 Å². The second-order valence-corrected chi connectivity index (χ2v) is 16.8. The van der Waals surface area contributed by atoms with Gasteiger partial charge in [-0.1, -0.05) is 87.8 Å². The van der Waals surface area contributed by atoms with Crippen LogP contribution in [0.2, 0.25) is 16.6 Å². The zero-order chi connectivity index (χ0) is 25.0. The summed E-state index contributed by atoms with van der Waals surface area (Å²) in [4.78, 5) is 0. The lowest BCUT2D eigenvalue weighted by Gasteiger charge is -2.43. The minimum absolute atomic E-state index is 0.0272. The zero-order valence-corrected chi connectivity index (χ0v) is 24.7. The Morgan fingerprint density at radius 1 is 0.882 bits per heavy atom. The first kappa shape index (κ1) is 26.8. The van der Waals surface area contributed by atoms with Crippen LogP contribution in [0.1, 0.15) is 77.0 Å². The van der Waals surface area contributed by atoms with E-state index in [1.165, 1.54) is 5.56 Å². The maximum atomic E-state index is 7.16. The van der Waals surface area contributed by atoms with E-state index < -0.39 is 8.32 Å². The van der Waals surface area contributed by atoms with Gasteiger partial charge in [-0.25, -0.2) is 0 Å². The highest BCUT2D eigenvalue weighted by atomic mass is 79.9. The predicted octanol–water partition coefficient (Wildman–Crippen LogP) is 9.98. The molecule has 1 aliphatic carbocycles. The maximum absolute atomic E-state index is 7.16. The summed E-state index contributed by atoms with van der Waals surface area (Å²) in [6, 6.07) is 14.9. The van der Waals surface area contributed by atoms with Crippen LogP contribution in [0.15, 0.2) is 70.6 Å². The van der Waals surface area contributed by atoms with Crippen LogP contribution in [0.3, 0.4) is 0 Å². The van der Waals surface area contributed by atoms with Gasteiger partial charge in [-0.2, -0.15) is 0 Å². The van der Waals surface area contributed by atoms with Crippen LogP contribution in [0.4, 0.5) is 0 Å². The molecule has 1 unspecified atom stereocenters. The maximum Gasteiger partial charge on any atom is 0.258 e.